The number of hydrogen-bond donors (Lipinski definition) is 1. The van der Waals surface area contributed by atoms with Crippen LogP contribution in [0, 0.1) is 5.82 Å². The molecule has 2 rings (SSSR count). The second kappa shape index (κ2) is 5.78. The van der Waals surface area contributed by atoms with Gasteiger partial charge in [-0.15, -0.1) is 0 Å². The molecule has 1 aromatic rings. The summed E-state index contributed by atoms with van der Waals surface area (Å²) in [6.45, 7) is 2.45. The zero-order valence-corrected chi connectivity index (χ0v) is 12.3. The molecule has 1 aliphatic rings. The van der Waals surface area contributed by atoms with E-state index in [-0.39, 0.29) is 17.5 Å². The molecule has 1 aromatic carbocycles. The molecule has 1 fully saturated rings. The molecule has 1 aliphatic heterocycles. The largest absolute Gasteiger partial charge is 0.326 e. The molecule has 106 valence electrons. The summed E-state index contributed by atoms with van der Waals surface area (Å²) in [7, 11) is -3.76. The number of halogens is 1. The van der Waals surface area contributed by atoms with Gasteiger partial charge in [0.2, 0.25) is 10.0 Å². The van der Waals surface area contributed by atoms with Crippen LogP contribution in [0.5, 0.6) is 0 Å². The van der Waals surface area contributed by atoms with Crippen LogP contribution < -0.4 is 5.73 Å². The minimum absolute atomic E-state index is 0.114. The maximum atomic E-state index is 13.9. The van der Waals surface area contributed by atoms with Crippen molar-refractivity contribution < 1.29 is 12.8 Å². The van der Waals surface area contributed by atoms with Crippen LogP contribution in [0.1, 0.15) is 12.5 Å². The lowest BCUT2D eigenvalue weighted by atomic mass is 10.2. The first-order valence-electron chi connectivity index (χ1n) is 6.05. The van der Waals surface area contributed by atoms with Gasteiger partial charge in [-0.3, -0.25) is 0 Å². The Morgan fingerprint density at radius 3 is 2.84 bits per heavy atom. The first-order chi connectivity index (χ1) is 8.96. The summed E-state index contributed by atoms with van der Waals surface area (Å²) in [6.07, 6.45) is 0. The zero-order chi connectivity index (χ0) is 14.0. The average molecular weight is 304 g/mol. The lowest BCUT2D eigenvalue weighted by Gasteiger charge is -2.32. The Kier molecular flexibility index (Phi) is 4.50. The van der Waals surface area contributed by atoms with Crippen LogP contribution in [-0.2, 0) is 16.6 Å². The Morgan fingerprint density at radius 1 is 1.53 bits per heavy atom. The van der Waals surface area contributed by atoms with E-state index in [9.17, 15) is 12.8 Å². The Bertz CT molecular complexity index is 563. The summed E-state index contributed by atoms with van der Waals surface area (Å²) >= 11 is 1.71. The smallest absolute Gasteiger partial charge is 0.246 e. The summed E-state index contributed by atoms with van der Waals surface area (Å²) in [4.78, 5) is -0.261. The maximum Gasteiger partial charge on any atom is 0.246 e. The third kappa shape index (κ3) is 2.94. The third-order valence-corrected chi connectivity index (χ3v) is 6.36. The number of nitrogens with zero attached hydrogens (tertiary/aromatic N) is 1. The molecular formula is C12H17FN2O2S2. The number of nitrogens with two attached hydrogens (primary N) is 1. The molecule has 0 aromatic heterocycles. The van der Waals surface area contributed by atoms with Gasteiger partial charge in [0, 0.05) is 30.6 Å². The highest BCUT2D eigenvalue weighted by atomic mass is 32.2. The van der Waals surface area contributed by atoms with Gasteiger partial charge in [-0.2, -0.15) is 16.1 Å². The van der Waals surface area contributed by atoms with Crippen LogP contribution in [0.25, 0.3) is 0 Å². The predicted molar refractivity (Wildman–Crippen MR) is 75.0 cm³/mol. The van der Waals surface area contributed by atoms with E-state index in [1.807, 2.05) is 6.92 Å². The molecule has 0 saturated carbocycles. The van der Waals surface area contributed by atoms with E-state index < -0.39 is 15.8 Å². The summed E-state index contributed by atoms with van der Waals surface area (Å²) in [6, 6.07) is 3.94. The Hall–Kier alpha value is -0.630. The van der Waals surface area contributed by atoms with Crippen molar-refractivity contribution in [1.82, 2.24) is 4.31 Å². The highest BCUT2D eigenvalue weighted by molar-refractivity contribution is 7.99. The summed E-state index contributed by atoms with van der Waals surface area (Å²) < 4.78 is 40.3. The molecule has 1 atom stereocenters. The van der Waals surface area contributed by atoms with Crippen LogP contribution in [0.2, 0.25) is 0 Å². The van der Waals surface area contributed by atoms with E-state index >= 15 is 0 Å². The predicted octanol–water partition coefficient (Wildman–Crippen LogP) is 1.41. The van der Waals surface area contributed by atoms with Gasteiger partial charge in [0.15, 0.2) is 0 Å². The topological polar surface area (TPSA) is 63.4 Å². The number of sulfonamides is 1. The minimum atomic E-state index is -3.76. The number of benzene rings is 1. The fourth-order valence-corrected chi connectivity index (χ4v) is 4.98. The Morgan fingerprint density at radius 2 is 2.26 bits per heavy atom. The minimum Gasteiger partial charge on any atom is -0.326 e. The second-order valence-electron chi connectivity index (χ2n) is 4.51. The van der Waals surface area contributed by atoms with Gasteiger partial charge >= 0.3 is 0 Å². The van der Waals surface area contributed by atoms with Crippen LogP contribution in [-0.4, -0.2) is 36.8 Å². The van der Waals surface area contributed by atoms with Gasteiger partial charge in [-0.1, -0.05) is 6.07 Å². The van der Waals surface area contributed by atoms with Crippen molar-refractivity contribution in [3.8, 4) is 0 Å². The van der Waals surface area contributed by atoms with E-state index in [0.717, 1.165) is 11.5 Å². The van der Waals surface area contributed by atoms with Crippen molar-refractivity contribution in [2.24, 2.45) is 5.73 Å². The van der Waals surface area contributed by atoms with Crippen molar-refractivity contribution in [3.63, 3.8) is 0 Å². The van der Waals surface area contributed by atoms with Crippen molar-refractivity contribution >= 4 is 21.8 Å². The SMILES string of the molecule is CC1CSCCN1S(=O)(=O)c1ccc(CN)cc1F. The van der Waals surface area contributed by atoms with Crippen LogP contribution in [0.3, 0.4) is 0 Å². The van der Waals surface area contributed by atoms with Gasteiger partial charge in [0.1, 0.15) is 10.7 Å². The molecule has 2 N–H and O–H groups in total. The Balaban J connectivity index is 2.38. The normalized spacial score (nSPS) is 21.5. The monoisotopic (exact) mass is 304 g/mol. The lowest BCUT2D eigenvalue weighted by molar-refractivity contribution is 0.365. The number of hydrogen-bond acceptors (Lipinski definition) is 4. The molecule has 0 aliphatic carbocycles. The summed E-state index contributed by atoms with van der Waals surface area (Å²) in [5.74, 6) is 0.752. The fraction of sp³-hybridized carbons (Fsp3) is 0.500. The quantitative estimate of drug-likeness (QED) is 0.917. The van der Waals surface area contributed by atoms with E-state index in [0.29, 0.717) is 12.1 Å². The molecule has 7 heteroatoms. The molecule has 1 saturated heterocycles. The zero-order valence-electron chi connectivity index (χ0n) is 10.7. The lowest BCUT2D eigenvalue weighted by Crippen LogP contribution is -2.44. The van der Waals surface area contributed by atoms with Gasteiger partial charge < -0.3 is 5.73 Å². The number of rotatable bonds is 3. The van der Waals surface area contributed by atoms with Crippen LogP contribution >= 0.6 is 11.8 Å². The van der Waals surface area contributed by atoms with Crippen LogP contribution in [0.15, 0.2) is 23.1 Å². The second-order valence-corrected chi connectivity index (χ2v) is 7.52. The molecule has 19 heavy (non-hydrogen) atoms. The molecule has 0 amide bonds. The highest BCUT2D eigenvalue weighted by Gasteiger charge is 2.33. The fourth-order valence-electron chi connectivity index (χ4n) is 2.08. The van der Waals surface area contributed by atoms with Crippen molar-refractivity contribution in [2.75, 3.05) is 18.1 Å². The molecule has 1 heterocycles. The third-order valence-electron chi connectivity index (χ3n) is 3.13. The molecular weight excluding hydrogens is 287 g/mol. The average Bonchev–Trinajstić information content (AvgIpc) is 2.38. The van der Waals surface area contributed by atoms with Gasteiger partial charge in [0.25, 0.3) is 0 Å². The van der Waals surface area contributed by atoms with Gasteiger partial charge in [-0.05, 0) is 24.6 Å². The highest BCUT2D eigenvalue weighted by Crippen LogP contribution is 2.26. The van der Waals surface area contributed by atoms with Gasteiger partial charge in [-0.25, -0.2) is 12.8 Å². The van der Waals surface area contributed by atoms with E-state index in [4.69, 9.17) is 5.73 Å². The van der Waals surface area contributed by atoms with Crippen molar-refractivity contribution in [3.05, 3.63) is 29.6 Å². The number of thioether (sulfide) groups is 1. The maximum absolute atomic E-state index is 13.9. The standard InChI is InChI=1S/C12H17FN2O2S2/c1-9-8-18-5-4-15(9)19(16,17)12-3-2-10(7-14)6-11(12)13/h2-3,6,9H,4-5,7-8,14H2,1H3. The van der Waals surface area contributed by atoms with Gasteiger partial charge in [0.05, 0.1) is 0 Å². The molecule has 0 bridgehead atoms. The van der Waals surface area contributed by atoms with Crippen molar-refractivity contribution in [1.29, 1.82) is 0 Å². The summed E-state index contributed by atoms with van der Waals surface area (Å²) in [5.41, 5.74) is 6.00. The molecule has 0 spiro atoms. The first kappa shape index (κ1) is 14.8. The summed E-state index contributed by atoms with van der Waals surface area (Å²) in [5, 5.41) is 0. The molecule has 4 nitrogen and oxygen atoms in total. The van der Waals surface area contributed by atoms with E-state index in [1.165, 1.54) is 16.4 Å². The first-order valence-corrected chi connectivity index (χ1v) is 8.64. The van der Waals surface area contributed by atoms with E-state index in [1.54, 1.807) is 17.8 Å². The Labute approximate surface area is 117 Å². The van der Waals surface area contributed by atoms with E-state index in [2.05, 4.69) is 0 Å². The van der Waals surface area contributed by atoms with Crippen LogP contribution in [0.4, 0.5) is 4.39 Å². The molecule has 0 radical (unpaired) electrons. The van der Waals surface area contributed by atoms with Crippen molar-refractivity contribution in [2.45, 2.75) is 24.4 Å². The molecule has 1 unspecified atom stereocenters.